The van der Waals surface area contributed by atoms with E-state index in [-0.39, 0.29) is 11.9 Å². The van der Waals surface area contributed by atoms with Crippen LogP contribution in [0.4, 0.5) is 0 Å². The van der Waals surface area contributed by atoms with Gasteiger partial charge in [0.05, 0.1) is 6.04 Å². The van der Waals surface area contributed by atoms with Gasteiger partial charge in [-0.25, -0.2) is 0 Å². The van der Waals surface area contributed by atoms with Gasteiger partial charge >= 0.3 is 0 Å². The van der Waals surface area contributed by atoms with E-state index in [1.54, 1.807) is 12.1 Å². The van der Waals surface area contributed by atoms with E-state index in [1.807, 2.05) is 13.0 Å². The Morgan fingerprint density at radius 1 is 1.04 bits per heavy atom. The first-order chi connectivity index (χ1) is 11.3. The van der Waals surface area contributed by atoms with Crippen LogP contribution >= 0.6 is 23.2 Å². The molecular weight excluding hydrogens is 341 g/mol. The number of rotatable bonds is 5. The second-order valence-corrected chi connectivity index (χ2v) is 7.16. The van der Waals surface area contributed by atoms with Crippen LogP contribution in [0.25, 0.3) is 0 Å². The Balaban J connectivity index is 1.98. The van der Waals surface area contributed by atoms with Gasteiger partial charge in [-0.05, 0) is 74.1 Å². The Kier molecular flexibility index (Phi) is 6.31. The molecule has 128 valence electrons. The largest absolute Gasteiger partial charge is 0.350 e. The summed E-state index contributed by atoms with van der Waals surface area (Å²) in [6, 6.07) is 9.68. The number of hydrogen-bond acceptors (Lipinski definition) is 1. The topological polar surface area (TPSA) is 29.1 Å². The van der Waals surface area contributed by atoms with Crippen LogP contribution in [0.15, 0.2) is 30.3 Å². The second kappa shape index (κ2) is 8.04. The number of halogens is 2. The first-order valence-corrected chi connectivity index (χ1v) is 8.84. The van der Waals surface area contributed by atoms with E-state index in [1.165, 1.54) is 16.7 Å². The van der Waals surface area contributed by atoms with Gasteiger partial charge in [0.1, 0.15) is 0 Å². The summed E-state index contributed by atoms with van der Waals surface area (Å²) in [5, 5.41) is 4.29. The molecule has 0 radical (unpaired) electrons. The molecule has 2 aromatic rings. The van der Waals surface area contributed by atoms with Crippen molar-refractivity contribution in [1.82, 2.24) is 5.32 Å². The molecular formula is C20H23Cl2NO. The SMILES string of the molecule is Cc1cc(C)c(C(C)NC(=O)CCc2ccc(Cl)cc2Cl)cc1C. The lowest BCUT2D eigenvalue weighted by Crippen LogP contribution is -2.27. The molecule has 2 nitrogen and oxygen atoms in total. The van der Waals surface area contributed by atoms with Crippen molar-refractivity contribution in [3.63, 3.8) is 0 Å². The van der Waals surface area contributed by atoms with Crippen molar-refractivity contribution >= 4 is 29.1 Å². The Morgan fingerprint density at radius 3 is 2.38 bits per heavy atom. The van der Waals surface area contributed by atoms with Crippen molar-refractivity contribution in [3.05, 3.63) is 68.2 Å². The predicted molar refractivity (Wildman–Crippen MR) is 102 cm³/mol. The highest BCUT2D eigenvalue weighted by Gasteiger charge is 2.13. The van der Waals surface area contributed by atoms with Crippen molar-refractivity contribution in [2.24, 2.45) is 0 Å². The van der Waals surface area contributed by atoms with Gasteiger partial charge in [-0.2, -0.15) is 0 Å². The highest BCUT2D eigenvalue weighted by molar-refractivity contribution is 6.35. The molecule has 0 aliphatic heterocycles. The zero-order chi connectivity index (χ0) is 17.9. The zero-order valence-corrected chi connectivity index (χ0v) is 16.1. The highest BCUT2D eigenvalue weighted by atomic mass is 35.5. The van der Waals surface area contributed by atoms with Gasteiger partial charge in [-0.1, -0.05) is 41.4 Å². The van der Waals surface area contributed by atoms with Crippen LogP contribution in [0.3, 0.4) is 0 Å². The molecule has 4 heteroatoms. The van der Waals surface area contributed by atoms with Gasteiger partial charge in [0.15, 0.2) is 0 Å². The van der Waals surface area contributed by atoms with Crippen molar-refractivity contribution in [2.45, 2.75) is 46.6 Å². The molecule has 0 aliphatic rings. The maximum atomic E-state index is 12.3. The van der Waals surface area contributed by atoms with E-state index < -0.39 is 0 Å². The van der Waals surface area contributed by atoms with Gasteiger partial charge in [0, 0.05) is 16.5 Å². The van der Waals surface area contributed by atoms with Crippen molar-refractivity contribution < 1.29 is 4.79 Å². The van der Waals surface area contributed by atoms with Gasteiger partial charge in [0.2, 0.25) is 5.91 Å². The van der Waals surface area contributed by atoms with Crippen LogP contribution in [0, 0.1) is 20.8 Å². The summed E-state index contributed by atoms with van der Waals surface area (Å²) in [6.45, 7) is 8.29. The summed E-state index contributed by atoms with van der Waals surface area (Å²) in [4.78, 5) is 12.3. The molecule has 1 N–H and O–H groups in total. The van der Waals surface area contributed by atoms with Gasteiger partial charge in [-0.15, -0.1) is 0 Å². The number of aryl methyl sites for hydroxylation is 4. The average molecular weight is 364 g/mol. The maximum Gasteiger partial charge on any atom is 0.220 e. The van der Waals surface area contributed by atoms with Gasteiger partial charge in [-0.3, -0.25) is 4.79 Å². The van der Waals surface area contributed by atoms with E-state index in [0.29, 0.717) is 22.9 Å². The molecule has 2 aromatic carbocycles. The number of amides is 1. The zero-order valence-electron chi connectivity index (χ0n) is 14.5. The summed E-state index contributed by atoms with van der Waals surface area (Å²) in [6.07, 6.45) is 0.996. The van der Waals surface area contributed by atoms with Crippen molar-refractivity contribution in [3.8, 4) is 0 Å². The fourth-order valence-electron chi connectivity index (χ4n) is 2.81. The third kappa shape index (κ3) is 4.75. The second-order valence-electron chi connectivity index (χ2n) is 6.32. The number of hydrogen-bond donors (Lipinski definition) is 1. The minimum atomic E-state index is -0.0162. The lowest BCUT2D eigenvalue weighted by molar-refractivity contribution is -0.121. The molecule has 2 rings (SSSR count). The summed E-state index contributed by atoms with van der Waals surface area (Å²) in [7, 11) is 0. The third-order valence-corrected chi connectivity index (χ3v) is 4.95. The molecule has 0 spiro atoms. The molecule has 0 saturated heterocycles. The summed E-state index contributed by atoms with van der Waals surface area (Å²) >= 11 is 12.0. The molecule has 0 heterocycles. The number of carbonyl (C=O) groups is 1. The summed E-state index contributed by atoms with van der Waals surface area (Å²) in [5.74, 6) is 0.0196. The normalized spacial score (nSPS) is 12.1. The van der Waals surface area contributed by atoms with Crippen LogP contribution in [-0.4, -0.2) is 5.91 Å². The van der Waals surface area contributed by atoms with E-state index >= 15 is 0 Å². The standard InChI is InChI=1S/C20H23Cl2NO/c1-12-9-14(3)18(10-13(12)2)15(4)23-20(24)8-6-16-5-7-17(21)11-19(16)22/h5,7,9-11,15H,6,8H2,1-4H3,(H,23,24). The lowest BCUT2D eigenvalue weighted by Gasteiger charge is -2.18. The summed E-state index contributed by atoms with van der Waals surface area (Å²) < 4.78 is 0. The molecule has 1 amide bonds. The molecule has 1 atom stereocenters. The Morgan fingerprint density at radius 2 is 1.71 bits per heavy atom. The maximum absolute atomic E-state index is 12.3. The van der Waals surface area contributed by atoms with E-state index in [9.17, 15) is 4.79 Å². The fourth-order valence-corrected chi connectivity index (χ4v) is 3.32. The van der Waals surface area contributed by atoms with Gasteiger partial charge in [0.25, 0.3) is 0 Å². The van der Waals surface area contributed by atoms with Crippen molar-refractivity contribution in [2.75, 3.05) is 0 Å². The summed E-state index contributed by atoms with van der Waals surface area (Å²) in [5.41, 5.74) is 5.81. The Bertz CT molecular complexity index is 756. The van der Waals surface area contributed by atoms with E-state index in [0.717, 1.165) is 11.1 Å². The molecule has 1 unspecified atom stereocenters. The Labute approximate surface area is 154 Å². The van der Waals surface area contributed by atoms with Crippen LogP contribution in [-0.2, 0) is 11.2 Å². The first-order valence-electron chi connectivity index (χ1n) is 8.09. The predicted octanol–water partition coefficient (Wildman–Crippen LogP) is 5.73. The minimum Gasteiger partial charge on any atom is -0.350 e. The first kappa shape index (κ1) is 18.8. The number of carbonyl (C=O) groups excluding carboxylic acids is 1. The average Bonchev–Trinajstić information content (AvgIpc) is 2.50. The third-order valence-electron chi connectivity index (χ3n) is 4.36. The molecule has 24 heavy (non-hydrogen) atoms. The van der Waals surface area contributed by atoms with Crippen LogP contribution in [0.5, 0.6) is 0 Å². The van der Waals surface area contributed by atoms with E-state index in [4.69, 9.17) is 23.2 Å². The number of benzene rings is 2. The molecule has 0 saturated carbocycles. The molecule has 0 bridgehead atoms. The molecule has 0 aromatic heterocycles. The number of nitrogens with one attached hydrogen (secondary N) is 1. The highest BCUT2D eigenvalue weighted by Crippen LogP contribution is 2.23. The van der Waals surface area contributed by atoms with Gasteiger partial charge < -0.3 is 5.32 Å². The Hall–Kier alpha value is -1.51. The monoisotopic (exact) mass is 363 g/mol. The molecule has 0 fully saturated rings. The lowest BCUT2D eigenvalue weighted by atomic mass is 9.96. The van der Waals surface area contributed by atoms with Crippen molar-refractivity contribution in [1.29, 1.82) is 0 Å². The quantitative estimate of drug-likeness (QED) is 0.721. The minimum absolute atomic E-state index is 0.0162. The van der Waals surface area contributed by atoms with E-state index in [2.05, 4.69) is 38.2 Å². The van der Waals surface area contributed by atoms with Crippen LogP contribution in [0.2, 0.25) is 10.0 Å². The smallest absolute Gasteiger partial charge is 0.220 e. The van der Waals surface area contributed by atoms with Crippen LogP contribution in [0.1, 0.15) is 47.2 Å². The van der Waals surface area contributed by atoms with Crippen LogP contribution < -0.4 is 5.32 Å². The molecule has 0 aliphatic carbocycles. The fraction of sp³-hybridized carbons (Fsp3) is 0.350.